The Morgan fingerprint density at radius 2 is 1.74 bits per heavy atom. The molecule has 1 heterocycles. The topological polar surface area (TPSA) is 9.23 Å². The van der Waals surface area contributed by atoms with Gasteiger partial charge in [0.15, 0.2) is 0 Å². The molecule has 1 atom stereocenters. The van der Waals surface area contributed by atoms with Gasteiger partial charge in [-0.25, -0.2) is 0 Å². The van der Waals surface area contributed by atoms with Gasteiger partial charge in [0, 0.05) is 11.5 Å². The molecule has 1 nitrogen and oxygen atoms in total. The van der Waals surface area contributed by atoms with E-state index in [4.69, 9.17) is 4.74 Å². The molecule has 96 valence electrons. The molecule has 1 heteroatoms. The van der Waals surface area contributed by atoms with Crippen LogP contribution in [0.2, 0.25) is 0 Å². The Labute approximate surface area is 114 Å². The molecular weight excluding hydrogens is 232 g/mol. The van der Waals surface area contributed by atoms with Crippen molar-refractivity contribution in [2.75, 3.05) is 6.61 Å². The maximum Gasteiger partial charge on any atom is 0.127 e. The molecule has 0 spiro atoms. The molecule has 0 fully saturated rings. The third kappa shape index (κ3) is 2.41. The second-order valence-electron chi connectivity index (χ2n) is 4.92. The summed E-state index contributed by atoms with van der Waals surface area (Å²) in [6.45, 7) is 2.93. The van der Waals surface area contributed by atoms with E-state index in [1.807, 2.05) is 12.1 Å². The predicted octanol–water partition coefficient (Wildman–Crippen LogP) is 4.66. The van der Waals surface area contributed by atoms with Gasteiger partial charge in [-0.05, 0) is 29.7 Å². The van der Waals surface area contributed by atoms with Crippen molar-refractivity contribution in [3.05, 3.63) is 71.3 Å². The number of hydrogen-bond acceptors (Lipinski definition) is 1. The van der Waals surface area contributed by atoms with Gasteiger partial charge in [-0.15, -0.1) is 0 Å². The Kier molecular flexibility index (Phi) is 3.37. The van der Waals surface area contributed by atoms with Crippen LogP contribution in [0.5, 0.6) is 5.75 Å². The monoisotopic (exact) mass is 250 g/mol. The average Bonchev–Trinajstić information content (AvgIpc) is 2.49. The van der Waals surface area contributed by atoms with E-state index in [1.54, 1.807) is 0 Å². The molecule has 0 aliphatic carbocycles. The van der Waals surface area contributed by atoms with Gasteiger partial charge < -0.3 is 4.74 Å². The van der Waals surface area contributed by atoms with Crippen LogP contribution in [0.25, 0.3) is 6.08 Å². The van der Waals surface area contributed by atoms with Gasteiger partial charge in [-0.2, -0.15) is 0 Å². The maximum absolute atomic E-state index is 5.87. The van der Waals surface area contributed by atoms with E-state index in [-0.39, 0.29) is 0 Å². The highest BCUT2D eigenvalue weighted by Gasteiger charge is 2.19. The third-order valence-corrected chi connectivity index (χ3v) is 3.71. The van der Waals surface area contributed by atoms with Gasteiger partial charge in [0.1, 0.15) is 12.4 Å². The van der Waals surface area contributed by atoms with Crippen LogP contribution in [0, 0.1) is 0 Å². The third-order valence-electron chi connectivity index (χ3n) is 3.71. The van der Waals surface area contributed by atoms with Gasteiger partial charge in [-0.1, -0.05) is 55.5 Å². The summed E-state index contributed by atoms with van der Waals surface area (Å²) in [5, 5.41) is 0. The van der Waals surface area contributed by atoms with E-state index >= 15 is 0 Å². The fraction of sp³-hybridized carbons (Fsp3) is 0.222. The van der Waals surface area contributed by atoms with Gasteiger partial charge in [0.25, 0.3) is 0 Å². The van der Waals surface area contributed by atoms with Crippen molar-refractivity contribution in [1.82, 2.24) is 0 Å². The Balaban J connectivity index is 1.96. The van der Waals surface area contributed by atoms with Crippen molar-refractivity contribution in [3.63, 3.8) is 0 Å². The zero-order valence-corrected chi connectivity index (χ0v) is 11.2. The minimum absolute atomic E-state index is 0.453. The van der Waals surface area contributed by atoms with Gasteiger partial charge in [0.05, 0.1) is 0 Å². The first-order valence-corrected chi connectivity index (χ1v) is 6.85. The van der Waals surface area contributed by atoms with Crippen LogP contribution in [0.3, 0.4) is 0 Å². The van der Waals surface area contributed by atoms with E-state index in [0.29, 0.717) is 12.5 Å². The van der Waals surface area contributed by atoms with E-state index in [1.165, 1.54) is 16.7 Å². The van der Waals surface area contributed by atoms with E-state index < -0.39 is 0 Å². The smallest absolute Gasteiger partial charge is 0.127 e. The summed E-state index contributed by atoms with van der Waals surface area (Å²) in [6, 6.07) is 18.9. The summed E-state index contributed by atoms with van der Waals surface area (Å²) in [7, 11) is 0. The molecule has 1 aliphatic heterocycles. The maximum atomic E-state index is 5.87. The minimum Gasteiger partial charge on any atom is -0.489 e. The fourth-order valence-corrected chi connectivity index (χ4v) is 2.73. The molecule has 3 rings (SSSR count). The van der Waals surface area contributed by atoms with Gasteiger partial charge in [0.2, 0.25) is 0 Å². The normalized spacial score (nSPS) is 15.1. The molecule has 1 unspecified atom stereocenters. The van der Waals surface area contributed by atoms with E-state index in [2.05, 4.69) is 55.5 Å². The quantitative estimate of drug-likeness (QED) is 0.770. The fourth-order valence-electron chi connectivity index (χ4n) is 2.73. The van der Waals surface area contributed by atoms with Crippen LogP contribution >= 0.6 is 0 Å². The molecular formula is C18H18O. The second kappa shape index (κ2) is 5.31. The molecule has 0 saturated heterocycles. The molecule has 0 N–H and O–H groups in total. The molecule has 0 amide bonds. The zero-order chi connectivity index (χ0) is 13.1. The number of fused-ring (bicyclic) bond motifs is 1. The first-order valence-electron chi connectivity index (χ1n) is 6.85. The van der Waals surface area contributed by atoms with Crippen molar-refractivity contribution in [3.8, 4) is 5.75 Å². The molecule has 2 aromatic carbocycles. The predicted molar refractivity (Wildman–Crippen MR) is 79.4 cm³/mol. The summed E-state index contributed by atoms with van der Waals surface area (Å²) in [5.41, 5.74) is 3.93. The van der Waals surface area contributed by atoms with Crippen LogP contribution in [0.15, 0.2) is 60.2 Å². The number of hydrogen-bond donors (Lipinski definition) is 0. The molecule has 2 aromatic rings. The SMILES string of the molecule is CCC(C1=Cc2ccccc2OC1)c1ccccc1. The van der Waals surface area contributed by atoms with Crippen molar-refractivity contribution < 1.29 is 4.74 Å². The van der Waals surface area contributed by atoms with Crippen LogP contribution in [-0.2, 0) is 0 Å². The lowest BCUT2D eigenvalue weighted by Crippen LogP contribution is -2.13. The Bertz CT molecular complexity index is 584. The number of benzene rings is 2. The summed E-state index contributed by atoms with van der Waals surface area (Å²) >= 11 is 0. The molecule has 0 radical (unpaired) electrons. The number of ether oxygens (including phenoxy) is 1. The van der Waals surface area contributed by atoms with Crippen molar-refractivity contribution in [1.29, 1.82) is 0 Å². The average molecular weight is 250 g/mol. The molecule has 19 heavy (non-hydrogen) atoms. The van der Waals surface area contributed by atoms with E-state index in [0.717, 1.165) is 12.2 Å². The van der Waals surface area contributed by atoms with Gasteiger partial charge in [-0.3, -0.25) is 0 Å². The lowest BCUT2D eigenvalue weighted by Gasteiger charge is -2.24. The highest BCUT2D eigenvalue weighted by molar-refractivity contribution is 5.63. The lowest BCUT2D eigenvalue weighted by atomic mass is 9.87. The lowest BCUT2D eigenvalue weighted by molar-refractivity contribution is 0.337. The first-order chi connectivity index (χ1) is 9.38. The zero-order valence-electron chi connectivity index (χ0n) is 11.2. The Morgan fingerprint density at radius 1 is 1.00 bits per heavy atom. The highest BCUT2D eigenvalue weighted by Crippen LogP contribution is 2.34. The first kappa shape index (κ1) is 12.0. The highest BCUT2D eigenvalue weighted by atomic mass is 16.5. The summed E-state index contributed by atoms with van der Waals surface area (Å²) < 4.78 is 5.87. The summed E-state index contributed by atoms with van der Waals surface area (Å²) in [6.07, 6.45) is 3.39. The Morgan fingerprint density at radius 3 is 2.53 bits per heavy atom. The van der Waals surface area contributed by atoms with Crippen molar-refractivity contribution in [2.45, 2.75) is 19.3 Å². The molecule has 0 aromatic heterocycles. The number of para-hydroxylation sites is 1. The van der Waals surface area contributed by atoms with Crippen LogP contribution in [0.4, 0.5) is 0 Å². The molecule has 1 aliphatic rings. The largest absolute Gasteiger partial charge is 0.489 e. The standard InChI is InChI=1S/C18H18O/c1-2-17(14-8-4-3-5-9-14)16-12-15-10-6-7-11-18(15)19-13-16/h3-12,17H,2,13H2,1H3. The molecule has 0 saturated carbocycles. The molecule has 0 bridgehead atoms. The van der Waals surface area contributed by atoms with Gasteiger partial charge >= 0.3 is 0 Å². The van der Waals surface area contributed by atoms with Crippen LogP contribution in [-0.4, -0.2) is 6.61 Å². The minimum atomic E-state index is 0.453. The number of rotatable bonds is 3. The Hall–Kier alpha value is -2.02. The van der Waals surface area contributed by atoms with Crippen molar-refractivity contribution in [2.24, 2.45) is 0 Å². The van der Waals surface area contributed by atoms with Crippen molar-refractivity contribution >= 4 is 6.08 Å². The van der Waals surface area contributed by atoms with Crippen LogP contribution in [0.1, 0.15) is 30.4 Å². The van der Waals surface area contributed by atoms with E-state index in [9.17, 15) is 0 Å². The summed E-state index contributed by atoms with van der Waals surface area (Å²) in [4.78, 5) is 0. The second-order valence-corrected chi connectivity index (χ2v) is 4.92. The summed E-state index contributed by atoms with van der Waals surface area (Å²) in [5.74, 6) is 1.45. The van der Waals surface area contributed by atoms with Crippen LogP contribution < -0.4 is 4.74 Å².